The molecule has 0 spiro atoms. The molecule has 0 rings (SSSR count). The number of aliphatic hydroxyl groups excluding tert-OH is 1. The smallest absolute Gasteiger partial charge is 0.326 e. The Labute approximate surface area is 183 Å². The van der Waals surface area contributed by atoms with Crippen LogP contribution in [0.5, 0.6) is 0 Å². The predicted molar refractivity (Wildman–Crippen MR) is 114 cm³/mol. The summed E-state index contributed by atoms with van der Waals surface area (Å²) < 4.78 is 0. The van der Waals surface area contributed by atoms with Crippen LogP contribution in [0.1, 0.15) is 19.3 Å². The van der Waals surface area contributed by atoms with Crippen LogP contribution in [0.15, 0.2) is 0 Å². The molecule has 9 N–H and O–H groups in total. The van der Waals surface area contributed by atoms with Crippen LogP contribution in [0.3, 0.4) is 0 Å². The summed E-state index contributed by atoms with van der Waals surface area (Å²) in [5.41, 5.74) is 10.6. The molecule has 12 nitrogen and oxygen atoms in total. The number of nitrogens with one attached hydrogen (secondary N) is 3. The number of thioether (sulfide) groups is 1. The van der Waals surface area contributed by atoms with E-state index in [1.807, 2.05) is 0 Å². The molecule has 0 radical (unpaired) electrons. The third-order valence-corrected chi connectivity index (χ3v) is 4.92. The van der Waals surface area contributed by atoms with Gasteiger partial charge in [-0.2, -0.15) is 24.4 Å². The quantitative estimate of drug-likeness (QED) is 0.114. The zero-order valence-electron chi connectivity index (χ0n) is 16.5. The van der Waals surface area contributed by atoms with Gasteiger partial charge in [-0.3, -0.25) is 19.2 Å². The van der Waals surface area contributed by atoms with Crippen LogP contribution in [-0.2, 0) is 24.0 Å². The predicted octanol–water partition coefficient (Wildman–Crippen LogP) is -3.21. The van der Waals surface area contributed by atoms with E-state index in [9.17, 15) is 29.1 Å². The molecule has 0 aliphatic carbocycles. The molecule has 4 unspecified atom stereocenters. The number of amides is 4. The Balaban J connectivity index is 5.13. The minimum Gasteiger partial charge on any atom is -0.480 e. The minimum absolute atomic E-state index is 0.0618. The molecule has 0 bridgehead atoms. The van der Waals surface area contributed by atoms with Gasteiger partial charge in [0.15, 0.2) is 0 Å². The van der Waals surface area contributed by atoms with E-state index < -0.39 is 60.4 Å². The first-order valence-electron chi connectivity index (χ1n) is 8.95. The molecular formula is C16H29N5O7S2. The molecule has 172 valence electrons. The van der Waals surface area contributed by atoms with Crippen LogP contribution in [0, 0.1) is 0 Å². The maximum Gasteiger partial charge on any atom is 0.326 e. The average Bonchev–Trinajstić information content (AvgIpc) is 2.70. The van der Waals surface area contributed by atoms with Crippen molar-refractivity contribution in [1.82, 2.24) is 16.0 Å². The fourth-order valence-electron chi connectivity index (χ4n) is 2.15. The van der Waals surface area contributed by atoms with Gasteiger partial charge in [0.1, 0.15) is 18.1 Å². The minimum atomic E-state index is -1.47. The van der Waals surface area contributed by atoms with Gasteiger partial charge in [0.05, 0.1) is 12.6 Å². The molecule has 14 heteroatoms. The molecule has 0 aliphatic rings. The molecular weight excluding hydrogens is 438 g/mol. The van der Waals surface area contributed by atoms with E-state index in [4.69, 9.17) is 16.6 Å². The van der Waals surface area contributed by atoms with E-state index in [-0.39, 0.29) is 25.0 Å². The van der Waals surface area contributed by atoms with Crippen LogP contribution < -0.4 is 27.4 Å². The molecule has 0 fully saturated rings. The lowest BCUT2D eigenvalue weighted by Crippen LogP contribution is -2.58. The van der Waals surface area contributed by atoms with Gasteiger partial charge >= 0.3 is 5.97 Å². The third kappa shape index (κ3) is 10.7. The average molecular weight is 468 g/mol. The van der Waals surface area contributed by atoms with Gasteiger partial charge in [0.2, 0.25) is 23.6 Å². The maximum atomic E-state index is 12.5. The Kier molecular flexibility index (Phi) is 13.9. The van der Waals surface area contributed by atoms with E-state index >= 15 is 0 Å². The van der Waals surface area contributed by atoms with Crippen molar-refractivity contribution < 1.29 is 34.2 Å². The lowest BCUT2D eigenvalue weighted by atomic mass is 10.1. The van der Waals surface area contributed by atoms with Gasteiger partial charge in [0.25, 0.3) is 0 Å². The van der Waals surface area contributed by atoms with Crippen molar-refractivity contribution in [2.45, 2.75) is 43.4 Å². The van der Waals surface area contributed by atoms with E-state index in [1.54, 1.807) is 6.26 Å². The number of carboxylic acids is 1. The SMILES string of the molecule is CSCCC(NC(=O)C(N)CS)C(=O)NC(CO)C(=O)NC(CCC(N)=O)C(=O)O. The molecule has 0 aromatic carbocycles. The van der Waals surface area contributed by atoms with Gasteiger partial charge < -0.3 is 37.6 Å². The fraction of sp³-hybridized carbons (Fsp3) is 0.688. The molecule has 0 aromatic rings. The fourth-order valence-corrected chi connectivity index (χ4v) is 2.79. The molecule has 0 saturated carbocycles. The van der Waals surface area contributed by atoms with Crippen molar-refractivity contribution in [3.8, 4) is 0 Å². The van der Waals surface area contributed by atoms with Gasteiger partial charge in [0, 0.05) is 12.2 Å². The van der Waals surface area contributed by atoms with Crippen LogP contribution >= 0.6 is 24.4 Å². The van der Waals surface area contributed by atoms with E-state index in [0.29, 0.717) is 5.75 Å². The molecule has 0 saturated heterocycles. The second-order valence-corrected chi connectivity index (χ2v) is 7.63. The Morgan fingerprint density at radius 2 is 1.50 bits per heavy atom. The molecule has 4 atom stereocenters. The highest BCUT2D eigenvalue weighted by Gasteiger charge is 2.29. The van der Waals surface area contributed by atoms with Crippen molar-refractivity contribution in [2.75, 3.05) is 24.4 Å². The van der Waals surface area contributed by atoms with Crippen molar-refractivity contribution >= 4 is 54.0 Å². The van der Waals surface area contributed by atoms with Crippen molar-refractivity contribution in [3.63, 3.8) is 0 Å². The summed E-state index contributed by atoms with van der Waals surface area (Å²) in [5, 5.41) is 25.5. The molecule has 0 heterocycles. The summed E-state index contributed by atoms with van der Waals surface area (Å²) in [7, 11) is 0. The maximum absolute atomic E-state index is 12.5. The molecule has 0 aliphatic heterocycles. The number of hydrogen-bond donors (Lipinski definition) is 8. The van der Waals surface area contributed by atoms with E-state index in [0.717, 1.165) is 0 Å². The number of thiol groups is 1. The monoisotopic (exact) mass is 467 g/mol. The van der Waals surface area contributed by atoms with Gasteiger partial charge in [-0.15, -0.1) is 0 Å². The van der Waals surface area contributed by atoms with E-state index in [2.05, 4.69) is 28.6 Å². The molecule has 0 aromatic heterocycles. The van der Waals surface area contributed by atoms with Crippen LogP contribution in [-0.4, -0.2) is 88.3 Å². The number of carbonyl (C=O) groups is 5. The first kappa shape index (κ1) is 28.0. The number of aliphatic carboxylic acids is 1. The Morgan fingerprint density at radius 1 is 0.967 bits per heavy atom. The first-order valence-corrected chi connectivity index (χ1v) is 11.0. The normalized spacial score (nSPS) is 14.7. The van der Waals surface area contributed by atoms with Crippen molar-refractivity contribution in [2.24, 2.45) is 11.5 Å². The zero-order valence-corrected chi connectivity index (χ0v) is 18.2. The largest absolute Gasteiger partial charge is 0.480 e. The standard InChI is InChI=1S/C16H29N5O7S2/c1-30-5-4-9(19-13(24)8(17)7-29)14(25)21-11(6-22)15(26)20-10(16(27)28)2-3-12(18)23/h8-11,22,29H,2-7,17H2,1H3,(H2,18,23)(H,19,24)(H,20,26)(H,21,25)(H,27,28). The second kappa shape index (κ2) is 14.9. The number of rotatable bonds is 15. The van der Waals surface area contributed by atoms with Crippen molar-refractivity contribution in [3.05, 3.63) is 0 Å². The number of carbonyl (C=O) groups excluding carboxylic acids is 4. The summed E-state index contributed by atoms with van der Waals surface area (Å²) in [4.78, 5) is 58.9. The van der Waals surface area contributed by atoms with Gasteiger partial charge in [-0.25, -0.2) is 4.79 Å². The van der Waals surface area contributed by atoms with Crippen LogP contribution in [0.2, 0.25) is 0 Å². The third-order valence-electron chi connectivity index (χ3n) is 3.89. The van der Waals surface area contributed by atoms with Crippen LogP contribution in [0.4, 0.5) is 0 Å². The number of primary amides is 1. The Bertz CT molecular complexity index is 623. The summed E-state index contributed by atoms with van der Waals surface area (Å²) in [5.74, 6) is -3.89. The summed E-state index contributed by atoms with van der Waals surface area (Å²) >= 11 is 5.35. The molecule has 30 heavy (non-hydrogen) atoms. The van der Waals surface area contributed by atoms with E-state index in [1.165, 1.54) is 11.8 Å². The molecule has 4 amide bonds. The number of carboxylic acid groups (broad SMARTS) is 1. The van der Waals surface area contributed by atoms with Gasteiger partial charge in [-0.1, -0.05) is 0 Å². The Morgan fingerprint density at radius 3 is 1.97 bits per heavy atom. The number of aliphatic hydroxyl groups is 1. The first-order chi connectivity index (χ1) is 14.1. The Hall–Kier alpha value is -2.03. The lowest BCUT2D eigenvalue weighted by Gasteiger charge is -2.24. The summed E-state index contributed by atoms with van der Waals surface area (Å²) in [6, 6.07) is -4.87. The highest BCUT2D eigenvalue weighted by atomic mass is 32.2. The summed E-state index contributed by atoms with van der Waals surface area (Å²) in [6.07, 6.45) is 1.50. The van der Waals surface area contributed by atoms with Crippen LogP contribution in [0.25, 0.3) is 0 Å². The summed E-state index contributed by atoms with van der Waals surface area (Å²) in [6.45, 7) is -0.820. The number of hydrogen-bond acceptors (Lipinski definition) is 9. The highest BCUT2D eigenvalue weighted by Crippen LogP contribution is 2.03. The second-order valence-electron chi connectivity index (χ2n) is 6.28. The van der Waals surface area contributed by atoms with Gasteiger partial charge in [-0.05, 0) is 24.9 Å². The zero-order chi connectivity index (χ0) is 23.3. The van der Waals surface area contributed by atoms with Crippen molar-refractivity contribution in [1.29, 1.82) is 0 Å². The number of nitrogens with two attached hydrogens (primary N) is 2. The topological polar surface area (TPSA) is 214 Å². The lowest BCUT2D eigenvalue weighted by molar-refractivity contribution is -0.143. The highest BCUT2D eigenvalue weighted by molar-refractivity contribution is 7.98.